The molecule has 21 heavy (non-hydrogen) atoms. The van der Waals surface area contributed by atoms with E-state index in [-0.39, 0.29) is 17.3 Å². The normalized spacial score (nSPS) is 22.1. The van der Waals surface area contributed by atoms with Gasteiger partial charge in [-0.15, -0.1) is 0 Å². The molecule has 4 N–H and O–H groups in total. The van der Waals surface area contributed by atoms with Gasteiger partial charge in [0.05, 0.1) is 4.92 Å². The zero-order chi connectivity index (χ0) is 15.6. The van der Waals surface area contributed by atoms with Gasteiger partial charge in [0.25, 0.3) is 5.69 Å². The van der Waals surface area contributed by atoms with E-state index in [2.05, 4.69) is 6.92 Å². The summed E-state index contributed by atoms with van der Waals surface area (Å²) in [6.07, 6.45) is 1.73. The number of hydrogen-bond acceptors (Lipinski definition) is 5. The molecule has 0 radical (unpaired) electrons. The second-order valence-electron chi connectivity index (χ2n) is 5.39. The molecule has 2 rings (SSSR count). The molecule has 1 aliphatic rings. The molecule has 1 heterocycles. The molecule has 0 spiro atoms. The number of anilines is 1. The van der Waals surface area contributed by atoms with Gasteiger partial charge >= 0.3 is 0 Å². The van der Waals surface area contributed by atoms with Crippen LogP contribution in [-0.2, 0) is 0 Å². The van der Waals surface area contributed by atoms with Crippen molar-refractivity contribution in [3.8, 4) is 0 Å². The zero-order valence-corrected chi connectivity index (χ0v) is 12.0. The van der Waals surface area contributed by atoms with E-state index in [1.54, 1.807) is 6.07 Å². The first-order valence-electron chi connectivity index (χ1n) is 7.02. The van der Waals surface area contributed by atoms with Gasteiger partial charge in [-0.05, 0) is 24.5 Å². The molecule has 1 amide bonds. The molecule has 7 nitrogen and oxygen atoms in total. The fourth-order valence-corrected chi connectivity index (χ4v) is 2.79. The Morgan fingerprint density at radius 2 is 2.24 bits per heavy atom. The minimum atomic E-state index is -0.670. The highest BCUT2D eigenvalue weighted by Gasteiger charge is 2.29. The second-order valence-corrected chi connectivity index (χ2v) is 5.39. The SMILES string of the molecule is CCC1CN(c2ccc(C(N)=O)cc2[N+](=O)[O-])CCC1N. The van der Waals surface area contributed by atoms with Crippen molar-refractivity contribution in [1.82, 2.24) is 0 Å². The molecular weight excluding hydrogens is 272 g/mol. The summed E-state index contributed by atoms with van der Waals surface area (Å²) in [5.41, 5.74) is 11.8. The number of carbonyl (C=O) groups excluding carboxylic acids is 1. The van der Waals surface area contributed by atoms with E-state index in [1.165, 1.54) is 12.1 Å². The van der Waals surface area contributed by atoms with Crippen LogP contribution in [-0.4, -0.2) is 30.0 Å². The topological polar surface area (TPSA) is 115 Å². The van der Waals surface area contributed by atoms with Gasteiger partial charge in [0, 0.05) is 30.8 Å². The van der Waals surface area contributed by atoms with Crippen LogP contribution in [0.4, 0.5) is 11.4 Å². The quantitative estimate of drug-likeness (QED) is 0.640. The third-order valence-electron chi connectivity index (χ3n) is 4.11. The Balaban J connectivity index is 2.35. The minimum Gasteiger partial charge on any atom is -0.366 e. The number of nitro benzene ring substituents is 1. The number of benzene rings is 1. The third-order valence-corrected chi connectivity index (χ3v) is 4.11. The van der Waals surface area contributed by atoms with Crippen molar-refractivity contribution in [2.75, 3.05) is 18.0 Å². The summed E-state index contributed by atoms with van der Waals surface area (Å²) in [5.74, 6) is -0.356. The Hall–Kier alpha value is -2.15. The lowest BCUT2D eigenvalue weighted by Crippen LogP contribution is -2.47. The number of carbonyl (C=O) groups is 1. The molecule has 1 saturated heterocycles. The van der Waals surface area contributed by atoms with Gasteiger partial charge in [0.2, 0.25) is 5.91 Å². The lowest BCUT2D eigenvalue weighted by molar-refractivity contribution is -0.384. The van der Waals surface area contributed by atoms with Crippen LogP contribution in [0.2, 0.25) is 0 Å². The Morgan fingerprint density at radius 3 is 2.81 bits per heavy atom. The fourth-order valence-electron chi connectivity index (χ4n) is 2.79. The fraction of sp³-hybridized carbons (Fsp3) is 0.500. The van der Waals surface area contributed by atoms with Crippen molar-refractivity contribution >= 4 is 17.3 Å². The van der Waals surface area contributed by atoms with Crippen LogP contribution in [0.3, 0.4) is 0 Å². The molecule has 1 fully saturated rings. The summed E-state index contributed by atoms with van der Waals surface area (Å²) >= 11 is 0. The van der Waals surface area contributed by atoms with E-state index in [0.717, 1.165) is 12.8 Å². The van der Waals surface area contributed by atoms with Crippen LogP contribution >= 0.6 is 0 Å². The molecule has 2 atom stereocenters. The predicted octanol–water partition coefficient (Wildman–Crippen LogP) is 1.26. The molecule has 2 unspecified atom stereocenters. The summed E-state index contributed by atoms with van der Waals surface area (Å²) in [7, 11) is 0. The van der Waals surface area contributed by atoms with E-state index >= 15 is 0 Å². The number of rotatable bonds is 4. The van der Waals surface area contributed by atoms with E-state index in [0.29, 0.717) is 24.7 Å². The number of hydrogen-bond donors (Lipinski definition) is 2. The maximum atomic E-state index is 11.3. The smallest absolute Gasteiger partial charge is 0.293 e. The first-order valence-corrected chi connectivity index (χ1v) is 7.02. The van der Waals surface area contributed by atoms with Gasteiger partial charge in [-0.2, -0.15) is 0 Å². The molecule has 0 aromatic heterocycles. The van der Waals surface area contributed by atoms with Crippen LogP contribution in [0.5, 0.6) is 0 Å². The minimum absolute atomic E-state index is 0.0865. The summed E-state index contributed by atoms with van der Waals surface area (Å²) < 4.78 is 0. The summed E-state index contributed by atoms with van der Waals surface area (Å²) in [5, 5.41) is 11.3. The summed E-state index contributed by atoms with van der Waals surface area (Å²) in [4.78, 5) is 23.9. The van der Waals surface area contributed by atoms with Gasteiger partial charge in [0.15, 0.2) is 0 Å². The molecule has 1 aliphatic heterocycles. The number of nitro groups is 1. The number of amides is 1. The Morgan fingerprint density at radius 1 is 1.52 bits per heavy atom. The number of primary amides is 1. The first kappa shape index (κ1) is 15.2. The van der Waals surface area contributed by atoms with Crippen LogP contribution in [0.1, 0.15) is 30.1 Å². The van der Waals surface area contributed by atoms with Gasteiger partial charge in [-0.1, -0.05) is 13.3 Å². The monoisotopic (exact) mass is 292 g/mol. The molecular formula is C14H20N4O3. The van der Waals surface area contributed by atoms with Crippen molar-refractivity contribution in [1.29, 1.82) is 0 Å². The van der Waals surface area contributed by atoms with E-state index in [4.69, 9.17) is 11.5 Å². The van der Waals surface area contributed by atoms with Crippen molar-refractivity contribution in [3.63, 3.8) is 0 Å². The summed E-state index contributed by atoms with van der Waals surface area (Å²) in [6.45, 7) is 3.43. The van der Waals surface area contributed by atoms with Crippen molar-refractivity contribution < 1.29 is 9.72 Å². The standard InChI is InChI=1S/C14H20N4O3/c1-2-9-8-17(6-5-11(9)15)12-4-3-10(14(16)19)7-13(12)18(20)21/h3-4,7,9,11H,2,5-6,8,15H2,1H3,(H2,16,19). The van der Waals surface area contributed by atoms with E-state index < -0.39 is 10.8 Å². The Labute approximate surface area is 123 Å². The van der Waals surface area contributed by atoms with Crippen molar-refractivity contribution in [2.24, 2.45) is 17.4 Å². The molecule has 1 aromatic rings. The Kier molecular flexibility index (Phi) is 4.42. The molecule has 114 valence electrons. The lowest BCUT2D eigenvalue weighted by Gasteiger charge is -2.37. The Bertz CT molecular complexity index is 561. The molecule has 0 bridgehead atoms. The van der Waals surface area contributed by atoms with Gasteiger partial charge < -0.3 is 16.4 Å². The first-order chi connectivity index (χ1) is 9.93. The van der Waals surface area contributed by atoms with Gasteiger partial charge in [-0.3, -0.25) is 14.9 Å². The highest BCUT2D eigenvalue weighted by molar-refractivity contribution is 5.94. The van der Waals surface area contributed by atoms with E-state index in [1.807, 2.05) is 4.90 Å². The van der Waals surface area contributed by atoms with Gasteiger partial charge in [-0.25, -0.2) is 0 Å². The number of piperidine rings is 1. The van der Waals surface area contributed by atoms with Crippen molar-refractivity contribution in [2.45, 2.75) is 25.8 Å². The van der Waals surface area contributed by atoms with Crippen LogP contribution in [0.15, 0.2) is 18.2 Å². The van der Waals surface area contributed by atoms with Crippen molar-refractivity contribution in [3.05, 3.63) is 33.9 Å². The van der Waals surface area contributed by atoms with Crippen LogP contribution < -0.4 is 16.4 Å². The van der Waals surface area contributed by atoms with Crippen LogP contribution in [0.25, 0.3) is 0 Å². The highest BCUT2D eigenvalue weighted by atomic mass is 16.6. The zero-order valence-electron chi connectivity index (χ0n) is 12.0. The molecule has 1 aromatic carbocycles. The average molecular weight is 292 g/mol. The third kappa shape index (κ3) is 3.13. The molecule has 0 saturated carbocycles. The average Bonchev–Trinajstić information content (AvgIpc) is 2.47. The second kappa shape index (κ2) is 6.09. The highest BCUT2D eigenvalue weighted by Crippen LogP contribution is 2.32. The predicted molar refractivity (Wildman–Crippen MR) is 80.2 cm³/mol. The summed E-state index contributed by atoms with van der Waals surface area (Å²) in [6, 6.07) is 4.50. The maximum Gasteiger partial charge on any atom is 0.293 e. The van der Waals surface area contributed by atoms with Crippen LogP contribution in [0, 0.1) is 16.0 Å². The van der Waals surface area contributed by atoms with Gasteiger partial charge in [0.1, 0.15) is 5.69 Å². The maximum absolute atomic E-state index is 11.3. The largest absolute Gasteiger partial charge is 0.366 e. The molecule has 0 aliphatic carbocycles. The number of nitrogens with zero attached hydrogens (tertiary/aromatic N) is 2. The number of nitrogens with two attached hydrogens (primary N) is 2. The molecule has 7 heteroatoms. The lowest BCUT2D eigenvalue weighted by atomic mass is 9.90. The van der Waals surface area contributed by atoms with E-state index in [9.17, 15) is 14.9 Å².